The first-order valence-corrected chi connectivity index (χ1v) is 13.9. The van der Waals surface area contributed by atoms with Gasteiger partial charge in [0.1, 0.15) is 5.58 Å². The summed E-state index contributed by atoms with van der Waals surface area (Å²) >= 11 is 0. The Morgan fingerprint density at radius 1 is 0.854 bits per heavy atom. The average molecular weight is 552 g/mol. The van der Waals surface area contributed by atoms with Gasteiger partial charge in [-0.1, -0.05) is 75.2 Å². The van der Waals surface area contributed by atoms with Gasteiger partial charge in [-0.3, -0.25) is 24.1 Å². The molecule has 2 heterocycles. The van der Waals surface area contributed by atoms with Gasteiger partial charge in [0.25, 0.3) is 11.8 Å². The molecule has 0 N–H and O–H groups in total. The lowest BCUT2D eigenvalue weighted by Crippen LogP contribution is -2.30. The van der Waals surface area contributed by atoms with Crippen LogP contribution in [0.3, 0.4) is 0 Å². The Balaban J connectivity index is 1.28. The first-order valence-electron chi connectivity index (χ1n) is 13.9. The minimum Gasteiger partial charge on any atom is -0.452 e. The van der Waals surface area contributed by atoms with E-state index < -0.39 is 11.4 Å². The molecule has 0 saturated carbocycles. The fourth-order valence-corrected chi connectivity index (χ4v) is 5.02. The second-order valence-electron chi connectivity index (χ2n) is 11.5. The molecule has 210 valence electrons. The van der Waals surface area contributed by atoms with Crippen molar-refractivity contribution in [3.63, 3.8) is 0 Å². The molecule has 1 aliphatic rings. The molecule has 7 nitrogen and oxygen atoms in total. The first-order chi connectivity index (χ1) is 19.5. The van der Waals surface area contributed by atoms with Crippen LogP contribution in [0.5, 0.6) is 5.75 Å². The molecule has 0 atom stereocenters. The predicted octanol–water partition coefficient (Wildman–Crippen LogP) is 6.83. The average Bonchev–Trinajstić information content (AvgIpc) is 3.19. The van der Waals surface area contributed by atoms with Crippen molar-refractivity contribution >= 4 is 28.8 Å². The third-order valence-corrected chi connectivity index (χ3v) is 7.37. The molecule has 0 saturated heterocycles. The van der Waals surface area contributed by atoms with Crippen molar-refractivity contribution < 1.29 is 23.5 Å². The Morgan fingerprint density at radius 2 is 1.51 bits per heavy atom. The van der Waals surface area contributed by atoms with Crippen molar-refractivity contribution in [2.45, 2.75) is 58.8 Å². The fourth-order valence-electron chi connectivity index (χ4n) is 5.02. The van der Waals surface area contributed by atoms with Gasteiger partial charge >= 0.3 is 5.97 Å². The number of carbonyl (C=O) groups excluding carboxylic acids is 3. The van der Waals surface area contributed by atoms with E-state index in [-0.39, 0.29) is 41.7 Å². The van der Waals surface area contributed by atoms with Crippen LogP contribution in [0.15, 0.2) is 75.9 Å². The number of hydrogen-bond donors (Lipinski definition) is 0. The number of imide groups is 1. The minimum atomic E-state index is -0.544. The summed E-state index contributed by atoms with van der Waals surface area (Å²) in [5.41, 5.74) is 3.48. The molecule has 5 rings (SSSR count). The number of ether oxygens (including phenoxy) is 1. The Kier molecular flexibility index (Phi) is 7.63. The molecule has 0 aliphatic carbocycles. The zero-order chi connectivity index (χ0) is 29.3. The molecule has 1 aromatic heterocycles. The van der Waals surface area contributed by atoms with Gasteiger partial charge in [-0.2, -0.15) is 0 Å². The standard InChI is InChI=1S/C34H33NO6/c1-21-13-18-27-26(20-21)29(37)31(30(40-27)22-14-16-23(17-15-22)34(2,3)4)41-28(36)12-6-5-9-19-35-32(38)24-10-7-8-11-25(24)33(35)39/h7-8,10-11,13-18,20H,5-6,9,12,19H2,1-4H3. The monoisotopic (exact) mass is 551 g/mol. The second-order valence-corrected chi connectivity index (χ2v) is 11.5. The van der Waals surface area contributed by atoms with Crippen LogP contribution in [0.25, 0.3) is 22.3 Å². The summed E-state index contributed by atoms with van der Waals surface area (Å²) in [6.45, 7) is 8.52. The van der Waals surface area contributed by atoms with Crippen LogP contribution in [-0.2, 0) is 10.2 Å². The van der Waals surface area contributed by atoms with E-state index in [1.54, 1.807) is 36.4 Å². The van der Waals surface area contributed by atoms with Gasteiger partial charge in [-0.15, -0.1) is 0 Å². The summed E-state index contributed by atoms with van der Waals surface area (Å²) in [5, 5.41) is 0.351. The number of benzene rings is 3. The third-order valence-electron chi connectivity index (χ3n) is 7.37. The highest BCUT2D eigenvalue weighted by Gasteiger charge is 2.34. The lowest BCUT2D eigenvalue weighted by Gasteiger charge is -2.19. The molecule has 0 bridgehead atoms. The van der Waals surface area contributed by atoms with Gasteiger partial charge in [0.2, 0.25) is 11.2 Å². The summed E-state index contributed by atoms with van der Waals surface area (Å²) in [6.07, 6.45) is 1.72. The van der Waals surface area contributed by atoms with Crippen LogP contribution in [0.4, 0.5) is 0 Å². The summed E-state index contributed by atoms with van der Waals surface area (Å²) in [4.78, 5) is 52.7. The third kappa shape index (κ3) is 5.71. The van der Waals surface area contributed by atoms with E-state index in [1.807, 2.05) is 37.3 Å². The van der Waals surface area contributed by atoms with Crippen molar-refractivity contribution in [1.82, 2.24) is 4.90 Å². The number of aryl methyl sites for hydroxylation is 1. The minimum absolute atomic E-state index is 0.0467. The number of nitrogens with zero attached hydrogens (tertiary/aromatic N) is 1. The lowest BCUT2D eigenvalue weighted by molar-refractivity contribution is -0.134. The number of carbonyl (C=O) groups is 3. The highest BCUT2D eigenvalue weighted by molar-refractivity contribution is 6.21. The Bertz CT molecular complexity index is 1670. The maximum absolute atomic E-state index is 13.5. The van der Waals surface area contributed by atoms with Crippen molar-refractivity contribution in [3.8, 4) is 17.1 Å². The topological polar surface area (TPSA) is 93.9 Å². The van der Waals surface area contributed by atoms with E-state index in [9.17, 15) is 19.2 Å². The highest BCUT2D eigenvalue weighted by Crippen LogP contribution is 2.33. The number of amides is 2. The van der Waals surface area contributed by atoms with E-state index in [0.29, 0.717) is 46.9 Å². The van der Waals surface area contributed by atoms with Crippen LogP contribution in [-0.4, -0.2) is 29.2 Å². The largest absolute Gasteiger partial charge is 0.452 e. The van der Waals surface area contributed by atoms with Crippen molar-refractivity contribution in [3.05, 3.63) is 99.2 Å². The van der Waals surface area contributed by atoms with E-state index in [2.05, 4.69) is 20.8 Å². The van der Waals surface area contributed by atoms with Crippen molar-refractivity contribution in [2.24, 2.45) is 0 Å². The molecule has 0 radical (unpaired) electrons. The second kappa shape index (κ2) is 11.2. The highest BCUT2D eigenvalue weighted by atomic mass is 16.5. The maximum Gasteiger partial charge on any atom is 0.311 e. The number of unbranched alkanes of at least 4 members (excludes halogenated alkanes) is 2. The molecule has 2 amide bonds. The van der Waals surface area contributed by atoms with E-state index >= 15 is 0 Å². The summed E-state index contributed by atoms with van der Waals surface area (Å²) in [7, 11) is 0. The molecule has 4 aromatic rings. The smallest absolute Gasteiger partial charge is 0.311 e. The molecule has 7 heteroatoms. The van der Waals surface area contributed by atoms with Gasteiger partial charge in [-0.25, -0.2) is 0 Å². The van der Waals surface area contributed by atoms with Gasteiger partial charge < -0.3 is 9.15 Å². The van der Waals surface area contributed by atoms with Gasteiger partial charge in [0.05, 0.1) is 16.5 Å². The zero-order valence-corrected chi connectivity index (χ0v) is 23.8. The van der Waals surface area contributed by atoms with E-state index in [1.165, 1.54) is 4.90 Å². The molecule has 41 heavy (non-hydrogen) atoms. The SMILES string of the molecule is Cc1ccc2oc(-c3ccc(C(C)(C)C)cc3)c(OC(=O)CCCCCN3C(=O)c4ccccc4C3=O)c(=O)c2c1. The maximum atomic E-state index is 13.5. The van der Waals surface area contributed by atoms with Crippen LogP contribution < -0.4 is 10.2 Å². The number of rotatable bonds is 8. The Labute approximate surface area is 238 Å². The van der Waals surface area contributed by atoms with Crippen LogP contribution in [0.2, 0.25) is 0 Å². The molecule has 3 aromatic carbocycles. The van der Waals surface area contributed by atoms with Crippen molar-refractivity contribution in [1.29, 1.82) is 0 Å². The van der Waals surface area contributed by atoms with Gasteiger partial charge in [0, 0.05) is 18.5 Å². The summed E-state index contributed by atoms with van der Waals surface area (Å²) in [6, 6.07) is 19.8. The molecular formula is C34H33NO6. The number of fused-ring (bicyclic) bond motifs is 2. The number of esters is 1. The van der Waals surface area contributed by atoms with Crippen LogP contribution >= 0.6 is 0 Å². The Morgan fingerprint density at radius 3 is 2.15 bits per heavy atom. The zero-order valence-electron chi connectivity index (χ0n) is 23.8. The summed E-state index contributed by atoms with van der Waals surface area (Å²) < 4.78 is 11.8. The lowest BCUT2D eigenvalue weighted by atomic mass is 9.86. The first kappa shape index (κ1) is 28.0. The molecule has 0 unspecified atom stereocenters. The van der Waals surface area contributed by atoms with Gasteiger partial charge in [-0.05, 0) is 55.0 Å². The molecular weight excluding hydrogens is 518 g/mol. The van der Waals surface area contributed by atoms with Gasteiger partial charge in [0.15, 0.2) is 5.76 Å². The van der Waals surface area contributed by atoms with E-state index in [0.717, 1.165) is 11.1 Å². The quantitative estimate of drug-likeness (QED) is 0.135. The van der Waals surface area contributed by atoms with E-state index in [4.69, 9.17) is 9.15 Å². The van der Waals surface area contributed by atoms with Crippen molar-refractivity contribution in [2.75, 3.05) is 6.54 Å². The fraction of sp³-hybridized carbons (Fsp3) is 0.294. The predicted molar refractivity (Wildman–Crippen MR) is 157 cm³/mol. The van der Waals surface area contributed by atoms with Crippen LogP contribution in [0.1, 0.15) is 78.3 Å². The van der Waals surface area contributed by atoms with Crippen LogP contribution in [0, 0.1) is 6.92 Å². The summed E-state index contributed by atoms with van der Waals surface area (Å²) in [5.74, 6) is -1.02. The molecule has 0 spiro atoms. The Hall–Kier alpha value is -4.52. The number of hydrogen-bond acceptors (Lipinski definition) is 6. The molecule has 0 fully saturated rings. The normalized spacial score (nSPS) is 13.1. The molecule has 1 aliphatic heterocycles.